The molecule has 19 heavy (non-hydrogen) atoms. The SMILES string of the molecule is COc1ccc(CCc2cc(F)c(F)c(F)c2)cc1. The van der Waals surface area contributed by atoms with Crippen LogP contribution in [-0.2, 0) is 12.8 Å². The van der Waals surface area contributed by atoms with Gasteiger partial charge in [-0.25, -0.2) is 13.2 Å². The maximum atomic E-state index is 13.0. The lowest BCUT2D eigenvalue weighted by Gasteiger charge is -2.05. The summed E-state index contributed by atoms with van der Waals surface area (Å²) in [6.07, 6.45) is 1.06. The number of benzene rings is 2. The van der Waals surface area contributed by atoms with Gasteiger partial charge in [-0.1, -0.05) is 12.1 Å². The Morgan fingerprint density at radius 2 is 1.37 bits per heavy atom. The number of methoxy groups -OCH3 is 1. The van der Waals surface area contributed by atoms with Gasteiger partial charge in [0.1, 0.15) is 5.75 Å². The van der Waals surface area contributed by atoms with E-state index in [1.807, 2.05) is 24.3 Å². The van der Waals surface area contributed by atoms with E-state index in [-0.39, 0.29) is 0 Å². The van der Waals surface area contributed by atoms with Crippen molar-refractivity contribution in [1.82, 2.24) is 0 Å². The molecule has 4 heteroatoms. The van der Waals surface area contributed by atoms with Crippen molar-refractivity contribution >= 4 is 0 Å². The molecule has 0 aliphatic rings. The van der Waals surface area contributed by atoms with Crippen LogP contribution in [0.1, 0.15) is 11.1 Å². The van der Waals surface area contributed by atoms with Crippen molar-refractivity contribution in [2.75, 3.05) is 7.11 Å². The summed E-state index contributed by atoms with van der Waals surface area (Å²) in [4.78, 5) is 0. The Morgan fingerprint density at radius 3 is 1.89 bits per heavy atom. The minimum Gasteiger partial charge on any atom is -0.497 e. The fourth-order valence-corrected chi connectivity index (χ4v) is 1.83. The third kappa shape index (κ3) is 3.28. The molecule has 0 aliphatic carbocycles. The van der Waals surface area contributed by atoms with Gasteiger partial charge in [0.15, 0.2) is 17.5 Å². The lowest BCUT2D eigenvalue weighted by molar-refractivity contribution is 0.414. The smallest absolute Gasteiger partial charge is 0.194 e. The maximum Gasteiger partial charge on any atom is 0.194 e. The summed E-state index contributed by atoms with van der Waals surface area (Å²) < 4.78 is 43.9. The zero-order valence-corrected chi connectivity index (χ0v) is 10.4. The highest BCUT2D eigenvalue weighted by Gasteiger charge is 2.10. The summed E-state index contributed by atoms with van der Waals surface area (Å²) in [6, 6.07) is 9.47. The molecule has 0 bridgehead atoms. The van der Waals surface area contributed by atoms with E-state index in [1.54, 1.807) is 7.11 Å². The molecule has 1 nitrogen and oxygen atoms in total. The zero-order valence-electron chi connectivity index (χ0n) is 10.4. The topological polar surface area (TPSA) is 9.23 Å². The highest BCUT2D eigenvalue weighted by molar-refractivity contribution is 5.28. The number of aryl methyl sites for hydroxylation is 2. The molecular weight excluding hydrogens is 253 g/mol. The number of halogens is 3. The number of hydrogen-bond acceptors (Lipinski definition) is 1. The van der Waals surface area contributed by atoms with E-state index in [1.165, 1.54) is 0 Å². The van der Waals surface area contributed by atoms with Gasteiger partial charge < -0.3 is 4.74 Å². The van der Waals surface area contributed by atoms with Gasteiger partial charge in [0.05, 0.1) is 7.11 Å². The van der Waals surface area contributed by atoms with Gasteiger partial charge in [0, 0.05) is 0 Å². The highest BCUT2D eigenvalue weighted by atomic mass is 19.2. The molecule has 0 fully saturated rings. The Morgan fingerprint density at radius 1 is 0.842 bits per heavy atom. The molecule has 2 aromatic carbocycles. The van der Waals surface area contributed by atoms with Gasteiger partial charge in [-0.2, -0.15) is 0 Å². The molecule has 0 N–H and O–H groups in total. The Bertz CT molecular complexity index is 541. The fourth-order valence-electron chi connectivity index (χ4n) is 1.83. The largest absolute Gasteiger partial charge is 0.497 e. The van der Waals surface area contributed by atoms with Gasteiger partial charge >= 0.3 is 0 Å². The first-order valence-corrected chi connectivity index (χ1v) is 5.86. The predicted molar refractivity (Wildman–Crippen MR) is 66.7 cm³/mol. The van der Waals surface area contributed by atoms with E-state index >= 15 is 0 Å². The Balaban J connectivity index is 2.05. The van der Waals surface area contributed by atoms with Crippen molar-refractivity contribution in [2.45, 2.75) is 12.8 Å². The first kappa shape index (κ1) is 13.5. The molecule has 0 saturated carbocycles. The van der Waals surface area contributed by atoms with E-state index in [0.29, 0.717) is 18.4 Å². The van der Waals surface area contributed by atoms with Gasteiger partial charge in [-0.05, 0) is 48.2 Å². The molecule has 100 valence electrons. The van der Waals surface area contributed by atoms with Gasteiger partial charge in [-0.3, -0.25) is 0 Å². The second kappa shape index (κ2) is 5.78. The average molecular weight is 266 g/mol. The summed E-state index contributed by atoms with van der Waals surface area (Å²) in [6.45, 7) is 0. The van der Waals surface area contributed by atoms with Crippen LogP contribution in [0.5, 0.6) is 5.75 Å². The van der Waals surface area contributed by atoms with E-state index in [9.17, 15) is 13.2 Å². The third-order valence-corrected chi connectivity index (χ3v) is 2.91. The van der Waals surface area contributed by atoms with Crippen molar-refractivity contribution in [3.63, 3.8) is 0 Å². The second-order valence-corrected chi connectivity index (χ2v) is 4.22. The first-order chi connectivity index (χ1) is 9.10. The van der Waals surface area contributed by atoms with E-state index < -0.39 is 17.5 Å². The standard InChI is InChI=1S/C15H13F3O/c1-19-12-6-4-10(5-7-12)2-3-11-8-13(16)15(18)14(17)9-11/h4-9H,2-3H2,1H3. The third-order valence-electron chi connectivity index (χ3n) is 2.91. The lowest BCUT2D eigenvalue weighted by Crippen LogP contribution is -1.97. The van der Waals surface area contributed by atoms with E-state index in [0.717, 1.165) is 23.4 Å². The molecule has 0 spiro atoms. The molecule has 0 aliphatic heterocycles. The second-order valence-electron chi connectivity index (χ2n) is 4.22. The first-order valence-electron chi connectivity index (χ1n) is 5.86. The highest BCUT2D eigenvalue weighted by Crippen LogP contribution is 2.17. The number of hydrogen-bond donors (Lipinski definition) is 0. The van der Waals surface area contributed by atoms with E-state index in [4.69, 9.17) is 4.74 Å². The summed E-state index contributed by atoms with van der Waals surface area (Å²) >= 11 is 0. The molecule has 0 amide bonds. The quantitative estimate of drug-likeness (QED) is 0.763. The number of rotatable bonds is 4. The predicted octanol–water partition coefficient (Wildman–Crippen LogP) is 3.90. The zero-order chi connectivity index (χ0) is 13.8. The van der Waals surface area contributed by atoms with Crippen LogP contribution in [0.25, 0.3) is 0 Å². The molecule has 0 aromatic heterocycles. The molecule has 0 unspecified atom stereocenters. The van der Waals surface area contributed by atoms with Crippen molar-refractivity contribution in [3.05, 3.63) is 65.0 Å². The van der Waals surface area contributed by atoms with Crippen molar-refractivity contribution in [1.29, 1.82) is 0 Å². The van der Waals surface area contributed by atoms with Crippen LogP contribution in [-0.4, -0.2) is 7.11 Å². The monoisotopic (exact) mass is 266 g/mol. The van der Waals surface area contributed by atoms with Crippen LogP contribution in [0, 0.1) is 17.5 Å². The van der Waals surface area contributed by atoms with E-state index in [2.05, 4.69) is 0 Å². The van der Waals surface area contributed by atoms with Gasteiger partial charge in [-0.15, -0.1) is 0 Å². The summed E-state index contributed by atoms with van der Waals surface area (Å²) in [5, 5.41) is 0. The number of ether oxygens (including phenoxy) is 1. The molecule has 2 aromatic rings. The molecule has 0 radical (unpaired) electrons. The lowest BCUT2D eigenvalue weighted by atomic mass is 10.0. The van der Waals surface area contributed by atoms with Crippen LogP contribution in [0.15, 0.2) is 36.4 Å². The molecule has 0 atom stereocenters. The van der Waals surface area contributed by atoms with Crippen LogP contribution < -0.4 is 4.74 Å². The Kier molecular flexibility index (Phi) is 4.10. The molecular formula is C15H13F3O. The van der Waals surface area contributed by atoms with Crippen LogP contribution in [0.4, 0.5) is 13.2 Å². The minimum absolute atomic E-state index is 0.437. The van der Waals surface area contributed by atoms with Crippen molar-refractivity contribution < 1.29 is 17.9 Å². The van der Waals surface area contributed by atoms with Crippen LogP contribution in [0.3, 0.4) is 0 Å². The Labute approximate surface area is 109 Å². The molecule has 0 saturated heterocycles. The van der Waals surface area contributed by atoms with Crippen molar-refractivity contribution in [3.8, 4) is 5.75 Å². The summed E-state index contributed by atoms with van der Waals surface area (Å²) in [7, 11) is 1.58. The molecule has 2 rings (SSSR count). The van der Waals surface area contributed by atoms with Crippen LogP contribution >= 0.6 is 0 Å². The summed E-state index contributed by atoms with van der Waals surface area (Å²) in [5.41, 5.74) is 1.46. The van der Waals surface area contributed by atoms with Crippen LogP contribution in [0.2, 0.25) is 0 Å². The molecule has 0 heterocycles. The van der Waals surface area contributed by atoms with Gasteiger partial charge in [0.25, 0.3) is 0 Å². The Hall–Kier alpha value is -1.97. The maximum absolute atomic E-state index is 13.0. The average Bonchev–Trinajstić information content (AvgIpc) is 2.43. The fraction of sp³-hybridized carbons (Fsp3) is 0.200. The normalized spacial score (nSPS) is 10.5. The van der Waals surface area contributed by atoms with Crippen molar-refractivity contribution in [2.24, 2.45) is 0 Å². The van der Waals surface area contributed by atoms with Gasteiger partial charge in [0.2, 0.25) is 0 Å². The minimum atomic E-state index is -1.42. The summed E-state index contributed by atoms with van der Waals surface area (Å²) in [5.74, 6) is -2.97.